The van der Waals surface area contributed by atoms with Gasteiger partial charge < -0.3 is 9.47 Å². The highest BCUT2D eigenvalue weighted by molar-refractivity contribution is 7.71. The fourth-order valence-corrected chi connectivity index (χ4v) is 3.60. The van der Waals surface area contributed by atoms with E-state index in [9.17, 15) is 0 Å². The lowest BCUT2D eigenvalue weighted by Crippen LogP contribution is -2.06. The van der Waals surface area contributed by atoms with Crippen molar-refractivity contribution in [3.8, 4) is 11.5 Å². The fourth-order valence-electron chi connectivity index (χ4n) is 3.40. The van der Waals surface area contributed by atoms with Crippen molar-refractivity contribution >= 4 is 29.2 Å². The number of aryl methyl sites for hydroxylation is 2. The van der Waals surface area contributed by atoms with Crippen LogP contribution in [-0.4, -0.2) is 28.2 Å². The molecule has 152 valence electrons. The molecule has 1 aromatic heterocycles. The Kier molecular flexibility index (Phi) is 5.63. The number of rotatable bonds is 6. The number of methoxy groups -OCH3 is 1. The summed E-state index contributed by atoms with van der Waals surface area (Å²) in [7, 11) is 1.65. The number of aromatic amines is 1. The second-order valence-corrected chi connectivity index (χ2v) is 7.30. The van der Waals surface area contributed by atoms with E-state index < -0.39 is 0 Å². The monoisotopic (exact) mass is 418 g/mol. The van der Waals surface area contributed by atoms with Crippen molar-refractivity contribution in [2.45, 2.75) is 20.5 Å². The molecule has 0 aliphatic rings. The molecule has 0 saturated carbocycles. The van der Waals surface area contributed by atoms with Crippen molar-refractivity contribution in [1.29, 1.82) is 0 Å². The molecule has 0 fully saturated rings. The third kappa shape index (κ3) is 3.84. The molecule has 1 N–H and O–H groups in total. The van der Waals surface area contributed by atoms with Gasteiger partial charge in [-0.3, -0.25) is 0 Å². The van der Waals surface area contributed by atoms with Crippen LogP contribution in [0.15, 0.2) is 59.7 Å². The standard InChI is InChI=1S/C23H22N4O2S/c1-15-7-6-8-16(2)22(15)29-14-21-25-26-23(30)27(21)24-13-19-18-10-5-4-9-17(18)11-12-20(19)28-3/h4-13H,14H2,1-3H3,(H,26,30). The zero-order valence-corrected chi connectivity index (χ0v) is 17.9. The molecule has 4 aromatic rings. The maximum absolute atomic E-state index is 6.03. The zero-order valence-electron chi connectivity index (χ0n) is 17.0. The maximum Gasteiger partial charge on any atom is 0.216 e. The van der Waals surface area contributed by atoms with Gasteiger partial charge in [0, 0.05) is 5.56 Å². The molecule has 0 radical (unpaired) electrons. The summed E-state index contributed by atoms with van der Waals surface area (Å²) < 4.78 is 13.5. The fraction of sp³-hybridized carbons (Fsp3) is 0.174. The van der Waals surface area contributed by atoms with Gasteiger partial charge >= 0.3 is 0 Å². The van der Waals surface area contributed by atoms with Crippen molar-refractivity contribution in [3.05, 3.63) is 81.9 Å². The highest BCUT2D eigenvalue weighted by atomic mass is 32.1. The molecule has 30 heavy (non-hydrogen) atoms. The predicted octanol–water partition coefficient (Wildman–Crippen LogP) is 5.18. The lowest BCUT2D eigenvalue weighted by molar-refractivity contribution is 0.287. The zero-order chi connectivity index (χ0) is 21.1. The molecule has 7 heteroatoms. The number of hydrogen-bond acceptors (Lipinski definition) is 5. The molecule has 6 nitrogen and oxygen atoms in total. The number of nitrogens with zero attached hydrogens (tertiary/aromatic N) is 3. The molecule has 0 aliphatic heterocycles. The normalized spacial score (nSPS) is 11.3. The molecule has 0 amide bonds. The summed E-state index contributed by atoms with van der Waals surface area (Å²) in [6, 6.07) is 18.1. The van der Waals surface area contributed by atoms with Crippen molar-refractivity contribution in [2.75, 3.05) is 7.11 Å². The van der Waals surface area contributed by atoms with Crippen LogP contribution in [0.5, 0.6) is 11.5 Å². The second-order valence-electron chi connectivity index (χ2n) is 6.91. The van der Waals surface area contributed by atoms with Gasteiger partial charge in [-0.05, 0) is 54.0 Å². The Bertz CT molecular complexity index is 1270. The molecular weight excluding hydrogens is 396 g/mol. The summed E-state index contributed by atoms with van der Waals surface area (Å²) in [6.45, 7) is 4.28. The molecule has 0 spiro atoms. The smallest absolute Gasteiger partial charge is 0.216 e. The minimum atomic E-state index is 0.239. The van der Waals surface area contributed by atoms with Crippen molar-refractivity contribution in [3.63, 3.8) is 0 Å². The number of benzene rings is 3. The molecule has 0 atom stereocenters. The van der Waals surface area contributed by atoms with Crippen molar-refractivity contribution < 1.29 is 9.47 Å². The van der Waals surface area contributed by atoms with Crippen LogP contribution < -0.4 is 9.47 Å². The number of H-pyrrole nitrogens is 1. The summed E-state index contributed by atoms with van der Waals surface area (Å²) in [4.78, 5) is 0. The first-order valence-corrected chi connectivity index (χ1v) is 9.94. The van der Waals surface area contributed by atoms with Gasteiger partial charge in [-0.15, -0.1) is 0 Å². The van der Waals surface area contributed by atoms with Gasteiger partial charge in [-0.25, -0.2) is 5.10 Å². The van der Waals surface area contributed by atoms with Crippen LogP contribution in [0.1, 0.15) is 22.5 Å². The first-order valence-electron chi connectivity index (χ1n) is 9.54. The highest BCUT2D eigenvalue weighted by Gasteiger charge is 2.10. The van der Waals surface area contributed by atoms with E-state index in [0.29, 0.717) is 10.6 Å². The van der Waals surface area contributed by atoms with Crippen molar-refractivity contribution in [2.24, 2.45) is 5.10 Å². The van der Waals surface area contributed by atoms with E-state index >= 15 is 0 Å². The minimum Gasteiger partial charge on any atom is -0.496 e. The topological polar surface area (TPSA) is 64.4 Å². The van der Waals surface area contributed by atoms with Gasteiger partial charge in [0.25, 0.3) is 0 Å². The SMILES string of the molecule is COc1ccc2ccccc2c1C=Nn1c(COc2c(C)cccc2C)n[nH]c1=S. The van der Waals surface area contributed by atoms with Crippen molar-refractivity contribution in [1.82, 2.24) is 14.9 Å². The first-order chi connectivity index (χ1) is 14.6. The summed E-state index contributed by atoms with van der Waals surface area (Å²) in [5.41, 5.74) is 3.01. The van der Waals surface area contributed by atoms with Gasteiger partial charge in [0.15, 0.2) is 5.82 Å². The third-order valence-electron chi connectivity index (χ3n) is 4.92. The number of ether oxygens (including phenoxy) is 2. The number of aromatic nitrogens is 3. The van der Waals surface area contributed by atoms with Gasteiger partial charge in [0.1, 0.15) is 18.1 Å². The summed E-state index contributed by atoms with van der Waals surface area (Å²) in [5.74, 6) is 2.16. The maximum atomic E-state index is 6.03. The summed E-state index contributed by atoms with van der Waals surface area (Å²) in [6.07, 6.45) is 1.75. The largest absolute Gasteiger partial charge is 0.496 e. The number of para-hydroxylation sites is 1. The molecule has 0 bridgehead atoms. The van der Waals surface area contributed by atoms with Crippen LogP contribution in [0.4, 0.5) is 0 Å². The molecule has 1 heterocycles. The molecule has 3 aromatic carbocycles. The predicted molar refractivity (Wildman–Crippen MR) is 121 cm³/mol. The Balaban J connectivity index is 1.67. The minimum absolute atomic E-state index is 0.239. The van der Waals surface area contributed by atoms with Crippen LogP contribution >= 0.6 is 12.2 Å². The van der Waals surface area contributed by atoms with E-state index in [0.717, 1.165) is 39.0 Å². The second kappa shape index (κ2) is 8.51. The average molecular weight is 419 g/mol. The average Bonchev–Trinajstić information content (AvgIpc) is 3.11. The van der Waals surface area contributed by atoms with Crippen LogP contribution in [0.25, 0.3) is 10.8 Å². The van der Waals surface area contributed by atoms with Crippen LogP contribution in [0, 0.1) is 18.6 Å². The highest BCUT2D eigenvalue weighted by Crippen LogP contribution is 2.27. The van der Waals surface area contributed by atoms with Gasteiger partial charge in [-0.2, -0.15) is 14.9 Å². The van der Waals surface area contributed by atoms with E-state index in [2.05, 4.69) is 21.4 Å². The van der Waals surface area contributed by atoms with Gasteiger partial charge in [0.2, 0.25) is 4.77 Å². The van der Waals surface area contributed by atoms with E-state index in [1.165, 1.54) is 0 Å². The molecule has 4 rings (SSSR count). The van der Waals surface area contributed by atoms with Gasteiger partial charge in [0.05, 0.1) is 13.3 Å². The summed E-state index contributed by atoms with van der Waals surface area (Å²) in [5, 5.41) is 13.8. The van der Waals surface area contributed by atoms with Gasteiger partial charge in [-0.1, -0.05) is 48.5 Å². The lowest BCUT2D eigenvalue weighted by Gasteiger charge is -2.11. The third-order valence-corrected chi connectivity index (χ3v) is 5.19. The number of hydrogen-bond donors (Lipinski definition) is 1. The van der Waals surface area contributed by atoms with E-state index in [1.54, 1.807) is 18.0 Å². The number of fused-ring (bicyclic) bond motifs is 1. The molecular formula is C23H22N4O2S. The number of nitrogens with one attached hydrogen (secondary N) is 1. The molecule has 0 aliphatic carbocycles. The van der Waals surface area contributed by atoms with E-state index in [4.69, 9.17) is 21.7 Å². The quantitative estimate of drug-likeness (QED) is 0.346. The van der Waals surface area contributed by atoms with E-state index in [-0.39, 0.29) is 6.61 Å². The van der Waals surface area contributed by atoms with Crippen LogP contribution in [0.3, 0.4) is 0 Å². The Hall–Kier alpha value is -3.45. The Morgan fingerprint density at radius 3 is 2.60 bits per heavy atom. The van der Waals surface area contributed by atoms with E-state index in [1.807, 2.05) is 62.4 Å². The Morgan fingerprint density at radius 1 is 1.07 bits per heavy atom. The first kappa shape index (κ1) is 19.8. The Morgan fingerprint density at radius 2 is 1.83 bits per heavy atom. The Labute approximate surface area is 179 Å². The lowest BCUT2D eigenvalue weighted by atomic mass is 10.0. The van der Waals surface area contributed by atoms with Crippen LogP contribution in [-0.2, 0) is 6.61 Å². The molecule has 0 unspecified atom stereocenters. The summed E-state index contributed by atoms with van der Waals surface area (Å²) >= 11 is 5.37. The molecule has 0 saturated heterocycles. The van der Waals surface area contributed by atoms with Crippen LogP contribution in [0.2, 0.25) is 0 Å².